The molecule has 3 heterocycles. The molecule has 1 fully saturated rings. The Bertz CT molecular complexity index is 1400. The van der Waals surface area contributed by atoms with Gasteiger partial charge < -0.3 is 4.90 Å². The Hall–Kier alpha value is -4.00. The van der Waals surface area contributed by atoms with Crippen molar-refractivity contribution in [2.24, 2.45) is 0 Å². The number of rotatable bonds is 4. The summed E-state index contributed by atoms with van der Waals surface area (Å²) in [6.45, 7) is 6.17. The molecule has 7 heteroatoms. The summed E-state index contributed by atoms with van der Waals surface area (Å²) in [5.74, 6) is 0.144. The maximum absolute atomic E-state index is 12.7. The minimum atomic E-state index is -0.205. The Morgan fingerprint density at radius 1 is 0.939 bits per heavy atom. The summed E-state index contributed by atoms with van der Waals surface area (Å²) in [5, 5.41) is 9.06. The van der Waals surface area contributed by atoms with Gasteiger partial charge in [-0.2, -0.15) is 10.2 Å². The van der Waals surface area contributed by atoms with E-state index in [9.17, 15) is 9.59 Å². The van der Waals surface area contributed by atoms with Crippen LogP contribution in [0.1, 0.15) is 32.3 Å². The molecule has 4 aromatic rings. The van der Waals surface area contributed by atoms with Crippen LogP contribution in [0.2, 0.25) is 0 Å². The lowest BCUT2D eigenvalue weighted by Gasteiger charge is -2.32. The molecule has 2 aromatic heterocycles. The summed E-state index contributed by atoms with van der Waals surface area (Å²) in [5.41, 5.74) is 4.10. The Labute approximate surface area is 191 Å². The van der Waals surface area contributed by atoms with E-state index in [1.165, 1.54) is 6.07 Å². The number of hydrogen-bond donors (Lipinski definition) is 0. The highest BCUT2D eigenvalue weighted by molar-refractivity contribution is 5.97. The molecule has 0 N–H and O–H groups in total. The van der Waals surface area contributed by atoms with Crippen LogP contribution in [0.3, 0.4) is 0 Å². The monoisotopic (exact) mass is 439 g/mol. The normalized spacial score (nSPS) is 15.2. The van der Waals surface area contributed by atoms with E-state index < -0.39 is 0 Å². The molecule has 0 radical (unpaired) electrons. The van der Waals surface area contributed by atoms with Crippen molar-refractivity contribution in [1.82, 2.24) is 19.6 Å². The van der Waals surface area contributed by atoms with Gasteiger partial charge in [-0.3, -0.25) is 9.59 Å². The number of nitrogens with zero attached hydrogens (tertiary/aromatic N) is 5. The number of amides is 1. The highest BCUT2D eigenvalue weighted by atomic mass is 16.2. The van der Waals surface area contributed by atoms with Crippen molar-refractivity contribution >= 4 is 11.6 Å². The second-order valence-corrected chi connectivity index (χ2v) is 8.95. The molecule has 1 aliphatic rings. The Morgan fingerprint density at radius 2 is 1.73 bits per heavy atom. The summed E-state index contributed by atoms with van der Waals surface area (Å²) < 4.78 is 3.42. The van der Waals surface area contributed by atoms with Crippen LogP contribution >= 0.6 is 0 Å². The number of anilines is 1. The van der Waals surface area contributed by atoms with E-state index in [1.807, 2.05) is 60.4 Å². The molecule has 0 atom stereocenters. The van der Waals surface area contributed by atoms with Crippen molar-refractivity contribution < 1.29 is 4.79 Å². The third-order valence-corrected chi connectivity index (χ3v) is 6.19. The van der Waals surface area contributed by atoms with Gasteiger partial charge in [0, 0.05) is 29.9 Å². The van der Waals surface area contributed by atoms with E-state index >= 15 is 0 Å². The van der Waals surface area contributed by atoms with Crippen LogP contribution in [-0.4, -0.2) is 31.0 Å². The Morgan fingerprint density at radius 3 is 2.42 bits per heavy atom. The average Bonchev–Trinajstić information content (AvgIpc) is 3.39. The van der Waals surface area contributed by atoms with E-state index in [-0.39, 0.29) is 16.9 Å². The summed E-state index contributed by atoms with van der Waals surface area (Å²) >= 11 is 0. The van der Waals surface area contributed by atoms with Crippen molar-refractivity contribution in [3.8, 4) is 22.8 Å². The van der Waals surface area contributed by atoms with Gasteiger partial charge in [0.1, 0.15) is 0 Å². The molecule has 0 spiro atoms. The fourth-order valence-corrected chi connectivity index (χ4v) is 4.48. The minimum absolute atomic E-state index is 0.144. The standard InChI is InChI=1S/C26H25N5O2/c1-18-17-20(30-24(33)11-14-26(30,2)3)9-10-21(18)29-16-13-23(32)25(28-29)22-12-15-27-31(22)19-7-5-4-6-8-19/h4-10,12-13,15-17H,11,14H2,1-3H3. The van der Waals surface area contributed by atoms with Crippen LogP contribution in [0.25, 0.3) is 22.8 Å². The van der Waals surface area contributed by atoms with E-state index in [1.54, 1.807) is 27.8 Å². The third kappa shape index (κ3) is 3.65. The number of aryl methyl sites for hydroxylation is 1. The zero-order valence-corrected chi connectivity index (χ0v) is 18.9. The Kier molecular flexibility index (Phi) is 4.96. The third-order valence-electron chi connectivity index (χ3n) is 6.19. The van der Waals surface area contributed by atoms with Gasteiger partial charge in [0.25, 0.3) is 0 Å². The molecule has 1 aliphatic heterocycles. The number of benzene rings is 2. The van der Waals surface area contributed by atoms with Gasteiger partial charge in [-0.15, -0.1) is 0 Å². The second-order valence-electron chi connectivity index (χ2n) is 8.95. The lowest BCUT2D eigenvalue weighted by molar-refractivity contribution is -0.117. The summed E-state index contributed by atoms with van der Waals surface area (Å²) in [4.78, 5) is 27.1. The topological polar surface area (TPSA) is 73.0 Å². The maximum Gasteiger partial charge on any atom is 0.227 e. The van der Waals surface area contributed by atoms with Crippen LogP contribution in [0, 0.1) is 6.92 Å². The molecular weight excluding hydrogens is 414 g/mol. The minimum Gasteiger partial charge on any atom is -0.307 e. The lowest BCUT2D eigenvalue weighted by Crippen LogP contribution is -2.40. The summed E-state index contributed by atoms with van der Waals surface area (Å²) in [7, 11) is 0. The van der Waals surface area contributed by atoms with Gasteiger partial charge in [-0.1, -0.05) is 18.2 Å². The molecule has 2 aromatic carbocycles. The van der Waals surface area contributed by atoms with Gasteiger partial charge in [0.15, 0.2) is 5.69 Å². The molecule has 1 amide bonds. The molecule has 0 bridgehead atoms. The first-order chi connectivity index (χ1) is 15.8. The molecular formula is C26H25N5O2. The predicted octanol–water partition coefficient (Wildman–Crippen LogP) is 4.30. The SMILES string of the molecule is Cc1cc(N2C(=O)CCC2(C)C)ccc1-n1ccc(=O)c(-c2ccnn2-c2ccccc2)n1. The number of para-hydroxylation sites is 1. The first-order valence-electron chi connectivity index (χ1n) is 11.0. The van der Waals surface area contributed by atoms with Gasteiger partial charge in [0.05, 0.1) is 23.3 Å². The van der Waals surface area contributed by atoms with Gasteiger partial charge >= 0.3 is 0 Å². The predicted molar refractivity (Wildman–Crippen MR) is 128 cm³/mol. The second kappa shape index (κ2) is 7.85. The van der Waals surface area contributed by atoms with Crippen molar-refractivity contribution in [2.75, 3.05) is 4.90 Å². The van der Waals surface area contributed by atoms with Crippen LogP contribution < -0.4 is 10.3 Å². The summed E-state index contributed by atoms with van der Waals surface area (Å²) in [6, 6.07) is 18.9. The average molecular weight is 440 g/mol. The van der Waals surface area contributed by atoms with Gasteiger partial charge in [-0.25, -0.2) is 9.36 Å². The van der Waals surface area contributed by atoms with Crippen LogP contribution in [0.5, 0.6) is 0 Å². The van der Waals surface area contributed by atoms with Crippen LogP contribution in [-0.2, 0) is 4.79 Å². The van der Waals surface area contributed by atoms with Crippen molar-refractivity contribution in [3.63, 3.8) is 0 Å². The molecule has 0 unspecified atom stereocenters. The quantitative estimate of drug-likeness (QED) is 0.475. The largest absolute Gasteiger partial charge is 0.307 e. The van der Waals surface area contributed by atoms with E-state index in [4.69, 9.17) is 0 Å². The number of hydrogen-bond acceptors (Lipinski definition) is 4. The Balaban J connectivity index is 1.56. The first-order valence-corrected chi connectivity index (χ1v) is 11.0. The fourth-order valence-electron chi connectivity index (χ4n) is 4.48. The molecule has 166 valence electrons. The van der Waals surface area contributed by atoms with E-state index in [0.29, 0.717) is 17.8 Å². The van der Waals surface area contributed by atoms with Crippen LogP contribution in [0.15, 0.2) is 77.9 Å². The van der Waals surface area contributed by atoms with E-state index in [0.717, 1.165) is 29.0 Å². The zero-order valence-electron chi connectivity index (χ0n) is 18.9. The summed E-state index contributed by atoms with van der Waals surface area (Å²) in [6.07, 6.45) is 4.73. The number of carbonyl (C=O) groups is 1. The molecule has 0 saturated carbocycles. The zero-order chi connectivity index (χ0) is 23.2. The molecule has 33 heavy (non-hydrogen) atoms. The highest BCUT2D eigenvalue weighted by Crippen LogP contribution is 2.35. The van der Waals surface area contributed by atoms with Crippen molar-refractivity contribution in [2.45, 2.75) is 39.2 Å². The first kappa shape index (κ1) is 20.9. The van der Waals surface area contributed by atoms with E-state index in [2.05, 4.69) is 24.0 Å². The van der Waals surface area contributed by atoms with Crippen molar-refractivity contribution in [1.29, 1.82) is 0 Å². The van der Waals surface area contributed by atoms with Crippen LogP contribution in [0.4, 0.5) is 5.69 Å². The van der Waals surface area contributed by atoms with Gasteiger partial charge in [0.2, 0.25) is 11.3 Å². The smallest absolute Gasteiger partial charge is 0.227 e. The number of aromatic nitrogens is 4. The molecule has 1 saturated heterocycles. The fraction of sp³-hybridized carbons (Fsp3) is 0.231. The number of carbonyl (C=O) groups excluding carboxylic acids is 1. The van der Waals surface area contributed by atoms with Crippen molar-refractivity contribution in [3.05, 3.63) is 88.8 Å². The molecule has 5 rings (SSSR count). The maximum atomic E-state index is 12.7. The van der Waals surface area contributed by atoms with Gasteiger partial charge in [-0.05, 0) is 69.2 Å². The molecule has 7 nitrogen and oxygen atoms in total. The lowest BCUT2D eigenvalue weighted by atomic mass is 10.0. The molecule has 0 aliphatic carbocycles. The highest BCUT2D eigenvalue weighted by Gasteiger charge is 2.38.